The van der Waals surface area contributed by atoms with E-state index >= 15 is 4.39 Å². The summed E-state index contributed by atoms with van der Waals surface area (Å²) in [5.74, 6) is -1.22. The van der Waals surface area contributed by atoms with Crippen LogP contribution < -0.4 is 11.1 Å². The number of rotatable bonds is 11. The molecule has 0 bridgehead atoms. The molecule has 6 nitrogen and oxygen atoms in total. The molecule has 1 aromatic rings. The van der Waals surface area contributed by atoms with Crippen molar-refractivity contribution in [3.05, 3.63) is 34.6 Å². The van der Waals surface area contributed by atoms with E-state index in [4.69, 9.17) is 22.1 Å². The summed E-state index contributed by atoms with van der Waals surface area (Å²) >= 11 is 6.04. The van der Waals surface area contributed by atoms with Gasteiger partial charge in [0.15, 0.2) is 0 Å². The van der Waals surface area contributed by atoms with Crippen LogP contribution in [-0.2, 0) is 10.3 Å². The van der Waals surface area contributed by atoms with Crippen molar-refractivity contribution in [3.63, 3.8) is 0 Å². The van der Waals surface area contributed by atoms with Crippen LogP contribution in [0.1, 0.15) is 56.9 Å². The van der Waals surface area contributed by atoms with E-state index in [0.717, 1.165) is 0 Å². The zero-order chi connectivity index (χ0) is 26.3. The average molecular weight is 534 g/mol. The number of nitrogens with two attached hydrogens (primary N) is 1. The molecular formula is C26H39ClF3N3O3. The number of hydrogen-bond donors (Lipinski definition) is 3. The third-order valence-electron chi connectivity index (χ3n) is 7.70. The molecule has 1 saturated carbocycles. The van der Waals surface area contributed by atoms with E-state index in [-0.39, 0.29) is 48.5 Å². The third-order valence-corrected chi connectivity index (χ3v) is 7.99. The van der Waals surface area contributed by atoms with Crippen LogP contribution in [0.2, 0.25) is 5.02 Å². The van der Waals surface area contributed by atoms with Crippen LogP contribution in [-0.4, -0.2) is 67.8 Å². The summed E-state index contributed by atoms with van der Waals surface area (Å²) in [6.45, 7) is 1.41. The van der Waals surface area contributed by atoms with Gasteiger partial charge in [0.2, 0.25) is 0 Å². The average Bonchev–Trinajstić information content (AvgIpc) is 3.19. The minimum absolute atomic E-state index is 0.0584. The van der Waals surface area contributed by atoms with E-state index in [9.17, 15) is 18.7 Å². The zero-order valence-electron chi connectivity index (χ0n) is 20.9. The molecule has 4 N–H and O–H groups in total. The van der Waals surface area contributed by atoms with E-state index in [1.54, 1.807) is 24.1 Å². The predicted octanol–water partition coefficient (Wildman–Crippen LogP) is 4.71. The summed E-state index contributed by atoms with van der Waals surface area (Å²) in [6, 6.07) is 3.87. The molecule has 3 rings (SSSR count). The second-order valence-corrected chi connectivity index (χ2v) is 10.7. The highest BCUT2D eigenvalue weighted by Crippen LogP contribution is 2.42. The fourth-order valence-electron chi connectivity index (χ4n) is 5.69. The van der Waals surface area contributed by atoms with Crippen LogP contribution >= 0.6 is 11.6 Å². The molecule has 2 amide bonds. The highest BCUT2D eigenvalue weighted by molar-refractivity contribution is 6.30. The first kappa shape index (κ1) is 29.0. The monoisotopic (exact) mass is 533 g/mol. The first-order chi connectivity index (χ1) is 17.2. The van der Waals surface area contributed by atoms with Gasteiger partial charge in [-0.25, -0.2) is 18.0 Å². The highest BCUT2D eigenvalue weighted by Gasteiger charge is 2.43. The Bertz CT molecular complexity index is 857. The summed E-state index contributed by atoms with van der Waals surface area (Å²) in [4.78, 5) is 14.7. The minimum atomic E-state index is -1.51. The fourth-order valence-corrected chi connectivity index (χ4v) is 5.87. The number of carbonyl (C=O) groups is 1. The molecule has 6 atom stereocenters. The Labute approximate surface area is 216 Å². The first-order valence-corrected chi connectivity index (χ1v) is 13.3. The number of hydrogen-bond acceptors (Lipinski definition) is 4. The van der Waals surface area contributed by atoms with Gasteiger partial charge in [0.05, 0.1) is 10.6 Å². The number of nitrogens with one attached hydrogen (secondary N) is 1. The van der Waals surface area contributed by atoms with Gasteiger partial charge in [-0.2, -0.15) is 0 Å². The van der Waals surface area contributed by atoms with Gasteiger partial charge >= 0.3 is 6.03 Å². The lowest BCUT2D eigenvalue weighted by Gasteiger charge is -2.43. The van der Waals surface area contributed by atoms with Crippen LogP contribution in [0.4, 0.5) is 18.0 Å². The van der Waals surface area contributed by atoms with E-state index in [1.807, 2.05) is 0 Å². The van der Waals surface area contributed by atoms with Crippen molar-refractivity contribution in [1.29, 1.82) is 0 Å². The van der Waals surface area contributed by atoms with E-state index in [1.165, 1.54) is 6.07 Å². The lowest BCUT2D eigenvalue weighted by atomic mass is 9.74. The molecule has 36 heavy (non-hydrogen) atoms. The molecule has 1 aromatic carbocycles. The summed E-state index contributed by atoms with van der Waals surface area (Å²) in [5, 5.41) is 14.7. The Morgan fingerprint density at radius 3 is 2.72 bits per heavy atom. The Kier molecular flexibility index (Phi) is 10.7. The molecule has 0 aromatic heterocycles. The maximum absolute atomic E-state index is 15.1. The maximum Gasteiger partial charge on any atom is 0.317 e. The number of unbranched alkanes of at least 4 members (excludes halogenated alkanes) is 1. The second-order valence-electron chi connectivity index (χ2n) is 10.2. The summed E-state index contributed by atoms with van der Waals surface area (Å²) in [6.07, 6.45) is 0.658. The molecule has 0 unspecified atom stereocenters. The molecule has 10 heteroatoms. The zero-order valence-corrected chi connectivity index (χ0v) is 21.7. The number of piperidine rings is 1. The minimum Gasteiger partial charge on any atom is -0.385 e. The number of alkyl halides is 2. The van der Waals surface area contributed by atoms with Gasteiger partial charge in [0.25, 0.3) is 0 Å². The topological polar surface area (TPSA) is 87.8 Å². The molecule has 2 aliphatic rings. The molecular weight excluding hydrogens is 495 g/mol. The molecule has 1 aliphatic carbocycles. The number of carbonyl (C=O) groups excluding carboxylic acids is 1. The Morgan fingerprint density at radius 2 is 2.06 bits per heavy atom. The van der Waals surface area contributed by atoms with Crippen molar-refractivity contribution in [2.75, 3.05) is 33.4 Å². The summed E-state index contributed by atoms with van der Waals surface area (Å²) in [5.41, 5.74) is 4.49. The van der Waals surface area contributed by atoms with Crippen LogP contribution in [0, 0.1) is 17.7 Å². The second kappa shape index (κ2) is 13.3. The van der Waals surface area contributed by atoms with Crippen molar-refractivity contribution < 1.29 is 27.8 Å². The fraction of sp³-hybridized carbons (Fsp3) is 0.731. The van der Waals surface area contributed by atoms with Gasteiger partial charge < -0.3 is 25.8 Å². The molecule has 1 heterocycles. The first-order valence-electron chi connectivity index (χ1n) is 12.9. The smallest absolute Gasteiger partial charge is 0.317 e. The Morgan fingerprint density at radius 1 is 1.33 bits per heavy atom. The lowest BCUT2D eigenvalue weighted by Crippen LogP contribution is -2.53. The van der Waals surface area contributed by atoms with Crippen molar-refractivity contribution in [2.45, 2.75) is 75.4 Å². The van der Waals surface area contributed by atoms with Crippen LogP contribution in [0.15, 0.2) is 18.2 Å². The van der Waals surface area contributed by atoms with E-state index in [0.29, 0.717) is 51.7 Å². The number of nitrogens with zero attached hydrogens (tertiary/aromatic N) is 1. The van der Waals surface area contributed by atoms with E-state index in [2.05, 4.69) is 5.32 Å². The summed E-state index contributed by atoms with van der Waals surface area (Å²) < 4.78 is 47.4. The molecule has 1 saturated heterocycles. The number of amides is 2. The van der Waals surface area contributed by atoms with Crippen molar-refractivity contribution in [1.82, 2.24) is 10.2 Å². The number of aliphatic hydroxyl groups is 1. The molecule has 0 spiro atoms. The maximum atomic E-state index is 15.1. The normalized spacial score (nSPS) is 27.0. The predicted molar refractivity (Wildman–Crippen MR) is 134 cm³/mol. The van der Waals surface area contributed by atoms with Gasteiger partial charge in [-0.05, 0) is 63.4 Å². The lowest BCUT2D eigenvalue weighted by molar-refractivity contribution is -0.0587. The van der Waals surface area contributed by atoms with Crippen molar-refractivity contribution in [3.8, 4) is 0 Å². The number of urea groups is 1. The number of likely N-dealkylation sites (tertiary alicyclic amines) is 1. The van der Waals surface area contributed by atoms with Gasteiger partial charge in [0, 0.05) is 50.9 Å². The van der Waals surface area contributed by atoms with Crippen LogP contribution in [0.3, 0.4) is 0 Å². The largest absolute Gasteiger partial charge is 0.385 e. The molecule has 0 radical (unpaired) electrons. The van der Waals surface area contributed by atoms with Crippen molar-refractivity contribution >= 4 is 17.6 Å². The number of ether oxygens (including phenoxy) is 1. The number of benzene rings is 1. The standard InChI is InChI=1S/C26H39ClF3N3O3/c1-36-11-3-2-9-26(35,20-7-4-8-21(27)24(20)30)18-6-5-10-33(16-18)25(34)32-19(15-31)12-17-13-22(28)23(29)14-17/h4,7-8,17-19,22-23,35H,2-3,5-6,9-16,31H2,1H3,(H,32,34)/t17-,18-,19+,22+,23-,26+/m1/s1. The molecule has 2 fully saturated rings. The molecule has 1 aliphatic heterocycles. The highest BCUT2D eigenvalue weighted by atomic mass is 35.5. The number of halogens is 4. The van der Waals surface area contributed by atoms with Crippen molar-refractivity contribution in [2.24, 2.45) is 17.6 Å². The van der Waals surface area contributed by atoms with E-state index < -0.39 is 35.7 Å². The van der Waals surface area contributed by atoms with Crippen LogP contribution in [0.5, 0.6) is 0 Å². The van der Waals surface area contributed by atoms with Gasteiger partial charge in [0.1, 0.15) is 18.2 Å². The Balaban J connectivity index is 1.70. The van der Waals surface area contributed by atoms with Gasteiger partial charge in [-0.3, -0.25) is 0 Å². The van der Waals surface area contributed by atoms with Gasteiger partial charge in [-0.15, -0.1) is 0 Å². The quantitative estimate of drug-likeness (QED) is 0.360. The molecule has 204 valence electrons. The van der Waals surface area contributed by atoms with Gasteiger partial charge in [-0.1, -0.05) is 23.7 Å². The third kappa shape index (κ3) is 7.05. The summed E-state index contributed by atoms with van der Waals surface area (Å²) in [7, 11) is 1.60. The SMILES string of the molecule is COCCCC[C@@](O)(c1cccc(Cl)c1F)[C@@H]1CCCN(C(=O)N[C@H](CN)C[C@H]2C[C@@H](F)[C@@H](F)C2)C1. The number of methoxy groups -OCH3 is 1. The van der Waals surface area contributed by atoms with Crippen LogP contribution in [0.25, 0.3) is 0 Å². The Hall–Kier alpha value is -1.55.